The number of hydrogen-bond acceptors (Lipinski definition) is 5. The summed E-state index contributed by atoms with van der Waals surface area (Å²) in [5.41, 5.74) is 0. The van der Waals surface area contributed by atoms with Crippen LogP contribution in [-0.2, 0) is 19.4 Å². The zero-order chi connectivity index (χ0) is 13.2. The molecule has 2 rings (SSSR count). The third kappa shape index (κ3) is 2.99. The van der Waals surface area contributed by atoms with Crippen molar-refractivity contribution in [1.82, 2.24) is 15.1 Å². The number of nitrogens with zero attached hydrogens (tertiary/aromatic N) is 2. The molecule has 1 N–H and O–H groups in total. The van der Waals surface area contributed by atoms with Gasteiger partial charge in [-0.05, 0) is 0 Å². The Morgan fingerprint density at radius 2 is 1.28 bits per heavy atom. The Morgan fingerprint density at radius 1 is 0.833 bits per heavy atom. The molecular formula is C10H17N3O4S. The van der Waals surface area contributed by atoms with Gasteiger partial charge in [0, 0.05) is 39.3 Å². The van der Waals surface area contributed by atoms with E-state index in [1.54, 1.807) is 0 Å². The summed E-state index contributed by atoms with van der Waals surface area (Å²) >= 11 is 0. The van der Waals surface area contributed by atoms with E-state index < -0.39 is 21.7 Å². The quantitative estimate of drug-likeness (QED) is 0.501. The largest absolute Gasteiger partial charge is 0.332 e. The second-order valence-electron chi connectivity index (χ2n) is 4.49. The van der Waals surface area contributed by atoms with Gasteiger partial charge < -0.3 is 15.1 Å². The summed E-state index contributed by atoms with van der Waals surface area (Å²) in [6.07, 6.45) is 0. The summed E-state index contributed by atoms with van der Waals surface area (Å²) in [4.78, 5) is 26.7. The standard InChI is InChI=1S/C10H17N3O4S/c14-9(12-3-1-11-2-4-12)10(15)13-5-7-18(16,17)8-6-13/h11H,1-8H2. The minimum atomic E-state index is -3.03. The number of rotatable bonds is 0. The smallest absolute Gasteiger partial charge is 0.312 e. The van der Waals surface area contributed by atoms with Gasteiger partial charge in [-0.25, -0.2) is 8.42 Å². The fraction of sp³-hybridized carbons (Fsp3) is 0.800. The molecule has 2 aliphatic rings. The van der Waals surface area contributed by atoms with E-state index in [9.17, 15) is 18.0 Å². The van der Waals surface area contributed by atoms with Gasteiger partial charge in [-0.2, -0.15) is 0 Å². The molecule has 0 atom stereocenters. The maximum absolute atomic E-state index is 11.9. The van der Waals surface area contributed by atoms with Crippen molar-refractivity contribution in [2.45, 2.75) is 0 Å². The monoisotopic (exact) mass is 275 g/mol. The molecule has 0 unspecified atom stereocenters. The topological polar surface area (TPSA) is 86.8 Å². The molecule has 2 saturated heterocycles. The first kappa shape index (κ1) is 13.3. The lowest BCUT2D eigenvalue weighted by Crippen LogP contribution is -2.54. The van der Waals surface area contributed by atoms with Crippen LogP contribution in [0.2, 0.25) is 0 Å². The minimum Gasteiger partial charge on any atom is -0.332 e. The molecule has 8 heteroatoms. The maximum Gasteiger partial charge on any atom is 0.312 e. The Bertz CT molecular complexity index is 428. The lowest BCUT2D eigenvalue weighted by atomic mass is 10.3. The van der Waals surface area contributed by atoms with E-state index in [1.807, 2.05) is 0 Å². The van der Waals surface area contributed by atoms with Gasteiger partial charge in [0.2, 0.25) is 0 Å². The molecular weight excluding hydrogens is 258 g/mol. The van der Waals surface area contributed by atoms with Crippen LogP contribution in [0.5, 0.6) is 0 Å². The molecule has 0 aliphatic carbocycles. The fourth-order valence-electron chi connectivity index (χ4n) is 2.05. The van der Waals surface area contributed by atoms with Gasteiger partial charge >= 0.3 is 11.8 Å². The van der Waals surface area contributed by atoms with Crippen LogP contribution in [0.25, 0.3) is 0 Å². The van der Waals surface area contributed by atoms with E-state index in [0.29, 0.717) is 26.2 Å². The van der Waals surface area contributed by atoms with Crippen molar-refractivity contribution >= 4 is 21.7 Å². The van der Waals surface area contributed by atoms with Crippen LogP contribution in [0.1, 0.15) is 0 Å². The summed E-state index contributed by atoms with van der Waals surface area (Å²) < 4.78 is 22.5. The minimum absolute atomic E-state index is 0.0480. The van der Waals surface area contributed by atoms with Crippen molar-refractivity contribution in [3.8, 4) is 0 Å². The fourth-order valence-corrected chi connectivity index (χ4v) is 3.26. The van der Waals surface area contributed by atoms with Crippen molar-refractivity contribution in [2.24, 2.45) is 0 Å². The van der Waals surface area contributed by atoms with Crippen LogP contribution in [0.4, 0.5) is 0 Å². The molecule has 0 saturated carbocycles. The zero-order valence-electron chi connectivity index (χ0n) is 10.1. The molecule has 0 spiro atoms. The molecule has 0 bridgehead atoms. The van der Waals surface area contributed by atoms with Crippen molar-refractivity contribution in [3.63, 3.8) is 0 Å². The summed E-state index contributed by atoms with van der Waals surface area (Å²) in [6, 6.07) is 0. The highest BCUT2D eigenvalue weighted by Gasteiger charge is 2.31. The lowest BCUT2D eigenvalue weighted by molar-refractivity contribution is -0.152. The molecule has 2 aliphatic heterocycles. The average Bonchev–Trinajstić information content (AvgIpc) is 2.38. The summed E-state index contributed by atoms with van der Waals surface area (Å²) in [5, 5.41) is 3.10. The molecule has 2 amide bonds. The van der Waals surface area contributed by atoms with Gasteiger partial charge in [0.25, 0.3) is 0 Å². The second-order valence-corrected chi connectivity index (χ2v) is 6.79. The van der Waals surface area contributed by atoms with E-state index in [2.05, 4.69) is 5.32 Å². The second kappa shape index (κ2) is 5.23. The van der Waals surface area contributed by atoms with E-state index in [-0.39, 0.29) is 24.6 Å². The molecule has 0 aromatic rings. The van der Waals surface area contributed by atoms with E-state index in [0.717, 1.165) is 0 Å². The van der Waals surface area contributed by atoms with E-state index in [1.165, 1.54) is 9.80 Å². The van der Waals surface area contributed by atoms with Crippen molar-refractivity contribution in [1.29, 1.82) is 0 Å². The van der Waals surface area contributed by atoms with Crippen molar-refractivity contribution in [2.75, 3.05) is 50.8 Å². The Labute approximate surface area is 106 Å². The van der Waals surface area contributed by atoms with Crippen molar-refractivity contribution < 1.29 is 18.0 Å². The first-order chi connectivity index (χ1) is 8.49. The molecule has 0 radical (unpaired) electrons. The predicted molar refractivity (Wildman–Crippen MR) is 64.7 cm³/mol. The lowest BCUT2D eigenvalue weighted by Gasteiger charge is -2.31. The van der Waals surface area contributed by atoms with Gasteiger partial charge in [-0.1, -0.05) is 0 Å². The van der Waals surface area contributed by atoms with E-state index >= 15 is 0 Å². The molecule has 2 fully saturated rings. The highest BCUT2D eigenvalue weighted by Crippen LogP contribution is 2.06. The highest BCUT2D eigenvalue weighted by atomic mass is 32.2. The van der Waals surface area contributed by atoms with E-state index in [4.69, 9.17) is 0 Å². The van der Waals surface area contributed by atoms with Crippen LogP contribution in [0.15, 0.2) is 0 Å². The van der Waals surface area contributed by atoms with Gasteiger partial charge in [0.05, 0.1) is 11.5 Å². The number of nitrogens with one attached hydrogen (secondary N) is 1. The first-order valence-electron chi connectivity index (χ1n) is 5.99. The SMILES string of the molecule is O=C(C(=O)N1CCS(=O)(=O)CC1)N1CCNCC1. The first-order valence-corrected chi connectivity index (χ1v) is 7.81. The van der Waals surface area contributed by atoms with Gasteiger partial charge in [0.15, 0.2) is 9.84 Å². The molecule has 0 aromatic heterocycles. The molecule has 0 aromatic carbocycles. The predicted octanol–water partition coefficient (Wildman–Crippen LogP) is -2.32. The highest BCUT2D eigenvalue weighted by molar-refractivity contribution is 7.91. The third-order valence-electron chi connectivity index (χ3n) is 3.22. The number of sulfone groups is 1. The van der Waals surface area contributed by atoms with Gasteiger partial charge in [-0.15, -0.1) is 0 Å². The van der Waals surface area contributed by atoms with Crippen LogP contribution in [0, 0.1) is 0 Å². The zero-order valence-corrected chi connectivity index (χ0v) is 10.9. The number of hydrogen-bond donors (Lipinski definition) is 1. The van der Waals surface area contributed by atoms with Crippen LogP contribution < -0.4 is 5.32 Å². The molecule has 2 heterocycles. The number of carbonyl (C=O) groups excluding carboxylic acids is 2. The number of piperazine rings is 1. The number of carbonyl (C=O) groups is 2. The Hall–Kier alpha value is -1.15. The maximum atomic E-state index is 11.9. The van der Waals surface area contributed by atoms with Gasteiger partial charge in [-0.3, -0.25) is 9.59 Å². The summed E-state index contributed by atoms with van der Waals surface area (Å²) in [7, 11) is -3.03. The molecule has 102 valence electrons. The Morgan fingerprint density at radius 3 is 1.78 bits per heavy atom. The van der Waals surface area contributed by atoms with Crippen LogP contribution in [0.3, 0.4) is 0 Å². The average molecular weight is 275 g/mol. The van der Waals surface area contributed by atoms with Crippen molar-refractivity contribution in [3.05, 3.63) is 0 Å². The number of amides is 2. The molecule has 18 heavy (non-hydrogen) atoms. The van der Waals surface area contributed by atoms with Crippen LogP contribution >= 0.6 is 0 Å². The molecule has 7 nitrogen and oxygen atoms in total. The Kier molecular flexibility index (Phi) is 3.86. The van der Waals surface area contributed by atoms with Crippen LogP contribution in [-0.4, -0.2) is 80.8 Å². The summed E-state index contributed by atoms with van der Waals surface area (Å²) in [5.74, 6) is -1.19. The summed E-state index contributed by atoms with van der Waals surface area (Å²) in [6.45, 7) is 2.67. The van der Waals surface area contributed by atoms with Gasteiger partial charge in [0.1, 0.15) is 0 Å². The third-order valence-corrected chi connectivity index (χ3v) is 4.83. The normalized spacial score (nSPS) is 23.8. The Balaban J connectivity index is 1.93.